The molecule has 2 rings (SSSR count). The van der Waals surface area contributed by atoms with Crippen LogP contribution in [0.1, 0.15) is 0 Å². The quantitative estimate of drug-likeness (QED) is 0.780. The summed E-state index contributed by atoms with van der Waals surface area (Å²) in [5.41, 5.74) is 7.71. The van der Waals surface area contributed by atoms with Crippen molar-refractivity contribution in [3.05, 3.63) is 22.7 Å². The summed E-state index contributed by atoms with van der Waals surface area (Å²) in [6.45, 7) is 3.52. The zero-order valence-corrected chi connectivity index (χ0v) is 9.46. The van der Waals surface area contributed by atoms with Gasteiger partial charge >= 0.3 is 0 Å². The van der Waals surface area contributed by atoms with Gasteiger partial charge in [0.2, 0.25) is 0 Å². The molecule has 14 heavy (non-hydrogen) atoms. The first kappa shape index (κ1) is 9.80. The van der Waals surface area contributed by atoms with Gasteiger partial charge in [0.25, 0.3) is 0 Å². The summed E-state index contributed by atoms with van der Waals surface area (Å²) in [6.07, 6.45) is 0. The van der Waals surface area contributed by atoms with Crippen molar-refractivity contribution in [3.63, 3.8) is 0 Å². The third-order valence-electron chi connectivity index (χ3n) is 2.36. The van der Waals surface area contributed by atoms with Crippen LogP contribution in [0.25, 0.3) is 0 Å². The molecule has 0 aliphatic carbocycles. The Labute approximate surface area is 92.0 Å². The van der Waals surface area contributed by atoms with E-state index in [-0.39, 0.29) is 0 Å². The average Bonchev–Trinajstić information content (AvgIpc) is 2.23. The Morgan fingerprint density at radius 1 is 1.29 bits per heavy atom. The lowest BCUT2D eigenvalue weighted by molar-refractivity contribution is 0.122. The second-order valence-corrected chi connectivity index (χ2v) is 4.16. The minimum Gasteiger partial charge on any atom is -0.398 e. The molecule has 76 valence electrons. The highest BCUT2D eigenvalue weighted by atomic mass is 79.9. The van der Waals surface area contributed by atoms with Gasteiger partial charge in [-0.15, -0.1) is 0 Å². The van der Waals surface area contributed by atoms with E-state index >= 15 is 0 Å². The molecule has 1 aromatic rings. The number of rotatable bonds is 1. The first-order valence-electron chi connectivity index (χ1n) is 4.65. The van der Waals surface area contributed by atoms with Crippen LogP contribution >= 0.6 is 15.9 Å². The summed E-state index contributed by atoms with van der Waals surface area (Å²) in [7, 11) is 0. The molecule has 1 heterocycles. The summed E-state index contributed by atoms with van der Waals surface area (Å²) in [6, 6.07) is 6.03. The Kier molecular flexibility index (Phi) is 2.93. The van der Waals surface area contributed by atoms with Crippen molar-refractivity contribution >= 4 is 27.3 Å². The van der Waals surface area contributed by atoms with Crippen LogP contribution in [0.3, 0.4) is 0 Å². The van der Waals surface area contributed by atoms with Crippen LogP contribution in [0.15, 0.2) is 22.7 Å². The molecular formula is C10H13BrN2O. The fourth-order valence-corrected chi connectivity index (χ4v) is 1.90. The van der Waals surface area contributed by atoms with Crippen molar-refractivity contribution < 1.29 is 4.74 Å². The molecule has 1 saturated heterocycles. The number of morpholine rings is 1. The summed E-state index contributed by atoms with van der Waals surface area (Å²) >= 11 is 3.43. The van der Waals surface area contributed by atoms with E-state index in [1.165, 1.54) is 5.69 Å². The standard InChI is InChI=1S/C10H13BrN2O/c11-9-7-8(1-2-10(9)12)13-3-5-14-6-4-13/h1-2,7H,3-6,12H2. The predicted molar refractivity (Wildman–Crippen MR) is 61.6 cm³/mol. The van der Waals surface area contributed by atoms with E-state index in [0.29, 0.717) is 0 Å². The monoisotopic (exact) mass is 256 g/mol. The number of nitrogens with two attached hydrogens (primary N) is 1. The first-order chi connectivity index (χ1) is 6.77. The lowest BCUT2D eigenvalue weighted by Crippen LogP contribution is -2.36. The van der Waals surface area contributed by atoms with E-state index in [1.807, 2.05) is 12.1 Å². The van der Waals surface area contributed by atoms with Crippen LogP contribution in [0.4, 0.5) is 11.4 Å². The Balaban J connectivity index is 2.18. The maximum absolute atomic E-state index is 5.73. The van der Waals surface area contributed by atoms with Crippen molar-refractivity contribution in [2.24, 2.45) is 0 Å². The fraction of sp³-hybridized carbons (Fsp3) is 0.400. The summed E-state index contributed by atoms with van der Waals surface area (Å²) < 4.78 is 6.26. The molecule has 1 aliphatic heterocycles. The van der Waals surface area contributed by atoms with Crippen molar-refractivity contribution in [2.75, 3.05) is 36.9 Å². The van der Waals surface area contributed by atoms with Gasteiger partial charge in [0.05, 0.1) is 13.2 Å². The van der Waals surface area contributed by atoms with Gasteiger partial charge in [0.1, 0.15) is 0 Å². The van der Waals surface area contributed by atoms with Gasteiger partial charge in [0, 0.05) is 28.9 Å². The van der Waals surface area contributed by atoms with Crippen LogP contribution in [0.5, 0.6) is 0 Å². The number of nitrogens with zero attached hydrogens (tertiary/aromatic N) is 1. The highest BCUT2D eigenvalue weighted by Gasteiger charge is 2.11. The second-order valence-electron chi connectivity index (χ2n) is 3.31. The molecular weight excluding hydrogens is 244 g/mol. The Morgan fingerprint density at radius 2 is 2.00 bits per heavy atom. The molecule has 1 fully saturated rings. The topological polar surface area (TPSA) is 38.5 Å². The fourth-order valence-electron chi connectivity index (χ4n) is 1.53. The summed E-state index contributed by atoms with van der Waals surface area (Å²) in [5, 5.41) is 0. The second kappa shape index (κ2) is 4.19. The molecule has 0 spiro atoms. The Bertz CT molecular complexity index is 324. The smallest absolute Gasteiger partial charge is 0.0642 e. The lowest BCUT2D eigenvalue weighted by atomic mass is 10.2. The average molecular weight is 257 g/mol. The van der Waals surface area contributed by atoms with Gasteiger partial charge in [-0.25, -0.2) is 0 Å². The zero-order chi connectivity index (χ0) is 9.97. The molecule has 0 unspecified atom stereocenters. The van der Waals surface area contributed by atoms with E-state index in [0.717, 1.165) is 36.5 Å². The predicted octanol–water partition coefficient (Wildman–Crippen LogP) is 1.87. The van der Waals surface area contributed by atoms with E-state index in [2.05, 4.69) is 26.9 Å². The third kappa shape index (κ3) is 2.01. The molecule has 0 bridgehead atoms. The number of hydrogen-bond donors (Lipinski definition) is 1. The first-order valence-corrected chi connectivity index (χ1v) is 5.44. The number of nitrogen functional groups attached to an aromatic ring is 1. The van der Waals surface area contributed by atoms with Gasteiger partial charge in [-0.2, -0.15) is 0 Å². The lowest BCUT2D eigenvalue weighted by Gasteiger charge is -2.29. The van der Waals surface area contributed by atoms with E-state index in [4.69, 9.17) is 10.5 Å². The van der Waals surface area contributed by atoms with Crippen molar-refractivity contribution in [3.8, 4) is 0 Å². The maximum Gasteiger partial charge on any atom is 0.0642 e. The molecule has 0 radical (unpaired) electrons. The van der Waals surface area contributed by atoms with Crippen LogP contribution in [0.2, 0.25) is 0 Å². The van der Waals surface area contributed by atoms with Crippen LogP contribution < -0.4 is 10.6 Å². The molecule has 4 heteroatoms. The van der Waals surface area contributed by atoms with Gasteiger partial charge in [0.15, 0.2) is 0 Å². The zero-order valence-electron chi connectivity index (χ0n) is 7.87. The molecule has 2 N–H and O–H groups in total. The van der Waals surface area contributed by atoms with Crippen molar-refractivity contribution in [2.45, 2.75) is 0 Å². The molecule has 3 nitrogen and oxygen atoms in total. The molecule has 1 aromatic carbocycles. The molecule has 0 amide bonds. The molecule has 0 atom stereocenters. The maximum atomic E-state index is 5.73. The van der Waals surface area contributed by atoms with Gasteiger partial charge < -0.3 is 15.4 Å². The van der Waals surface area contributed by atoms with Crippen molar-refractivity contribution in [1.82, 2.24) is 0 Å². The Hall–Kier alpha value is -0.740. The van der Waals surface area contributed by atoms with Gasteiger partial charge in [-0.1, -0.05) is 0 Å². The SMILES string of the molecule is Nc1ccc(N2CCOCC2)cc1Br. The third-order valence-corrected chi connectivity index (χ3v) is 3.05. The number of hydrogen-bond acceptors (Lipinski definition) is 3. The molecule has 0 aromatic heterocycles. The van der Waals surface area contributed by atoms with Gasteiger partial charge in [-0.3, -0.25) is 0 Å². The largest absolute Gasteiger partial charge is 0.398 e. The Morgan fingerprint density at radius 3 is 2.64 bits per heavy atom. The van der Waals surface area contributed by atoms with Crippen LogP contribution in [0, 0.1) is 0 Å². The number of anilines is 2. The number of ether oxygens (including phenoxy) is 1. The van der Waals surface area contributed by atoms with Gasteiger partial charge in [-0.05, 0) is 34.1 Å². The van der Waals surface area contributed by atoms with Crippen LogP contribution in [-0.4, -0.2) is 26.3 Å². The normalized spacial score (nSPS) is 17.1. The van der Waals surface area contributed by atoms with Crippen LogP contribution in [-0.2, 0) is 4.74 Å². The highest BCUT2D eigenvalue weighted by Crippen LogP contribution is 2.26. The minimum absolute atomic E-state index is 0.780. The van der Waals surface area contributed by atoms with E-state index in [1.54, 1.807) is 0 Å². The summed E-state index contributed by atoms with van der Waals surface area (Å²) in [5.74, 6) is 0. The number of benzene rings is 1. The molecule has 1 aliphatic rings. The molecule has 0 saturated carbocycles. The summed E-state index contributed by atoms with van der Waals surface area (Å²) in [4.78, 5) is 2.30. The van der Waals surface area contributed by atoms with E-state index < -0.39 is 0 Å². The van der Waals surface area contributed by atoms with Crippen molar-refractivity contribution in [1.29, 1.82) is 0 Å². The highest BCUT2D eigenvalue weighted by molar-refractivity contribution is 9.10. The minimum atomic E-state index is 0.780. The van der Waals surface area contributed by atoms with E-state index in [9.17, 15) is 0 Å². The number of halogens is 1.